The first kappa shape index (κ1) is 13.9. The second kappa shape index (κ2) is 6.56. The summed E-state index contributed by atoms with van der Waals surface area (Å²) < 4.78 is 4.92. The van der Waals surface area contributed by atoms with Crippen LogP contribution in [0.5, 0.6) is 0 Å². The van der Waals surface area contributed by atoms with Crippen LogP contribution in [0.3, 0.4) is 0 Å². The van der Waals surface area contributed by atoms with Crippen LogP contribution in [-0.4, -0.2) is 23.2 Å². The number of hydroxylamine groups is 1. The van der Waals surface area contributed by atoms with Crippen LogP contribution in [0.1, 0.15) is 19.4 Å². The van der Waals surface area contributed by atoms with Crippen molar-refractivity contribution in [2.45, 2.75) is 20.0 Å². The topological polar surface area (TPSA) is 75.6 Å². The van der Waals surface area contributed by atoms with Gasteiger partial charge in [-0.1, -0.05) is 30.3 Å². The van der Waals surface area contributed by atoms with E-state index in [1.54, 1.807) is 44.2 Å². The minimum atomic E-state index is -0.762. The number of benzene rings is 1. The smallest absolute Gasteiger partial charge is 0.331 e. The monoisotopic (exact) mass is 249 g/mol. The van der Waals surface area contributed by atoms with Gasteiger partial charge in [0.05, 0.1) is 11.7 Å². The van der Waals surface area contributed by atoms with Crippen LogP contribution in [0.4, 0.5) is 0 Å². The Kier molecular flexibility index (Phi) is 5.07. The van der Waals surface area contributed by atoms with E-state index in [0.29, 0.717) is 5.56 Å². The maximum atomic E-state index is 11.5. The fourth-order valence-corrected chi connectivity index (χ4v) is 1.34. The molecule has 0 bridgehead atoms. The predicted molar refractivity (Wildman–Crippen MR) is 65.6 cm³/mol. The summed E-state index contributed by atoms with van der Waals surface area (Å²) in [6.45, 7) is 3.42. The molecule has 1 amide bonds. The highest BCUT2D eigenvalue weighted by molar-refractivity contribution is 6.22. The Balaban J connectivity index is 3.03. The number of carbonyl (C=O) groups is 2. The van der Waals surface area contributed by atoms with Gasteiger partial charge in [0, 0.05) is 6.08 Å². The minimum absolute atomic E-state index is 0.0451. The normalized spacial score (nSPS) is 11.2. The van der Waals surface area contributed by atoms with Crippen LogP contribution < -0.4 is 5.48 Å². The van der Waals surface area contributed by atoms with Gasteiger partial charge in [0.1, 0.15) is 0 Å². The molecule has 0 aliphatic carbocycles. The zero-order valence-corrected chi connectivity index (χ0v) is 10.2. The molecular formula is C13H15NO4. The number of hydrogen-bond donors (Lipinski definition) is 2. The van der Waals surface area contributed by atoms with Gasteiger partial charge >= 0.3 is 5.97 Å². The molecule has 1 rings (SSSR count). The first-order valence-corrected chi connectivity index (χ1v) is 5.46. The molecule has 1 aromatic carbocycles. The first-order valence-electron chi connectivity index (χ1n) is 5.46. The molecule has 96 valence electrons. The van der Waals surface area contributed by atoms with Gasteiger partial charge in [0.2, 0.25) is 0 Å². The van der Waals surface area contributed by atoms with Gasteiger partial charge in [-0.25, -0.2) is 10.3 Å². The van der Waals surface area contributed by atoms with Crippen molar-refractivity contribution in [2.24, 2.45) is 0 Å². The molecule has 0 unspecified atom stereocenters. The van der Waals surface area contributed by atoms with Crippen LogP contribution in [-0.2, 0) is 14.3 Å². The molecule has 0 aromatic heterocycles. The van der Waals surface area contributed by atoms with Crippen molar-refractivity contribution in [3.8, 4) is 0 Å². The van der Waals surface area contributed by atoms with E-state index in [0.717, 1.165) is 6.08 Å². The van der Waals surface area contributed by atoms with Crippen molar-refractivity contribution in [1.29, 1.82) is 0 Å². The molecule has 0 aliphatic rings. The van der Waals surface area contributed by atoms with Crippen molar-refractivity contribution < 1.29 is 19.5 Å². The van der Waals surface area contributed by atoms with Crippen LogP contribution in [0.2, 0.25) is 0 Å². The quantitative estimate of drug-likeness (QED) is 0.367. The molecule has 0 atom stereocenters. The molecule has 0 heterocycles. The van der Waals surface area contributed by atoms with E-state index in [-0.39, 0.29) is 11.7 Å². The molecule has 2 N–H and O–H groups in total. The van der Waals surface area contributed by atoms with Gasteiger partial charge in [-0.3, -0.25) is 10.0 Å². The Hall–Kier alpha value is -2.14. The number of nitrogens with one attached hydrogen (secondary N) is 1. The maximum absolute atomic E-state index is 11.5. The summed E-state index contributed by atoms with van der Waals surface area (Å²) in [7, 11) is 0. The lowest BCUT2D eigenvalue weighted by molar-refractivity contribution is -0.141. The second-order valence-electron chi connectivity index (χ2n) is 3.85. The Morgan fingerprint density at radius 3 is 2.39 bits per heavy atom. The molecule has 5 heteroatoms. The predicted octanol–water partition coefficient (Wildman–Crippen LogP) is 1.53. The van der Waals surface area contributed by atoms with Crippen molar-refractivity contribution in [3.63, 3.8) is 0 Å². The molecule has 1 aromatic rings. The zero-order valence-electron chi connectivity index (χ0n) is 10.2. The third kappa shape index (κ3) is 4.03. The molecule has 0 saturated carbocycles. The van der Waals surface area contributed by atoms with Crippen molar-refractivity contribution in [1.82, 2.24) is 5.48 Å². The van der Waals surface area contributed by atoms with E-state index >= 15 is 0 Å². The Morgan fingerprint density at radius 1 is 1.28 bits per heavy atom. The molecule has 18 heavy (non-hydrogen) atoms. The lowest BCUT2D eigenvalue weighted by atomic mass is 10.1. The molecule has 0 saturated heterocycles. The Labute approximate surface area is 105 Å². The number of carbonyl (C=O) groups excluding carboxylic acids is 2. The van der Waals surface area contributed by atoms with E-state index in [1.165, 1.54) is 5.48 Å². The molecule has 0 fully saturated rings. The summed E-state index contributed by atoms with van der Waals surface area (Å²) in [5.41, 5.74) is 2.07. The Morgan fingerprint density at radius 2 is 1.89 bits per heavy atom. The summed E-state index contributed by atoms with van der Waals surface area (Å²) in [6.07, 6.45) is 0.781. The fraction of sp³-hybridized carbons (Fsp3) is 0.231. The van der Waals surface area contributed by atoms with Crippen LogP contribution in [0.15, 0.2) is 36.4 Å². The lowest BCUT2D eigenvalue weighted by Gasteiger charge is -2.08. The van der Waals surface area contributed by atoms with E-state index in [9.17, 15) is 9.59 Å². The van der Waals surface area contributed by atoms with Crippen molar-refractivity contribution in [2.75, 3.05) is 0 Å². The number of amides is 1. The van der Waals surface area contributed by atoms with E-state index in [4.69, 9.17) is 9.94 Å². The summed E-state index contributed by atoms with van der Waals surface area (Å²) in [6, 6.07) is 8.54. The average Bonchev–Trinajstić information content (AvgIpc) is 2.35. The third-order valence-electron chi connectivity index (χ3n) is 2.05. The fourth-order valence-electron chi connectivity index (χ4n) is 1.34. The van der Waals surface area contributed by atoms with Crippen LogP contribution >= 0.6 is 0 Å². The summed E-state index contributed by atoms with van der Waals surface area (Å²) in [5.74, 6) is -1.39. The standard InChI is InChI=1S/C13H15NO4/c1-9(2)18-12(15)8-11(13(16)14-17)10-6-4-3-5-7-10/h3-9,17H,1-2H3,(H,14,16)/b11-8-. The first-order chi connectivity index (χ1) is 8.54. The SMILES string of the molecule is CC(C)OC(=O)/C=C(\C(=O)NO)c1ccccc1. The van der Waals surface area contributed by atoms with Gasteiger partial charge in [-0.05, 0) is 19.4 Å². The highest BCUT2D eigenvalue weighted by Crippen LogP contribution is 2.14. The summed E-state index contributed by atoms with van der Waals surface area (Å²) in [5, 5.41) is 8.67. The summed E-state index contributed by atoms with van der Waals surface area (Å²) in [4.78, 5) is 23.0. The van der Waals surface area contributed by atoms with Crippen molar-refractivity contribution >= 4 is 17.4 Å². The molecule has 0 aliphatic heterocycles. The molecular weight excluding hydrogens is 234 g/mol. The van der Waals surface area contributed by atoms with Crippen molar-refractivity contribution in [3.05, 3.63) is 42.0 Å². The summed E-state index contributed by atoms with van der Waals surface area (Å²) >= 11 is 0. The zero-order chi connectivity index (χ0) is 13.5. The second-order valence-corrected chi connectivity index (χ2v) is 3.85. The van der Waals surface area contributed by atoms with Gasteiger partial charge in [-0.15, -0.1) is 0 Å². The van der Waals surface area contributed by atoms with Gasteiger partial charge in [0.25, 0.3) is 5.91 Å². The molecule has 0 spiro atoms. The van der Waals surface area contributed by atoms with E-state index < -0.39 is 11.9 Å². The highest BCUT2D eigenvalue weighted by Gasteiger charge is 2.14. The number of esters is 1. The van der Waals surface area contributed by atoms with Crippen LogP contribution in [0, 0.1) is 0 Å². The van der Waals surface area contributed by atoms with Crippen LogP contribution in [0.25, 0.3) is 5.57 Å². The molecule has 5 nitrogen and oxygen atoms in total. The van der Waals surface area contributed by atoms with E-state index in [1.807, 2.05) is 0 Å². The third-order valence-corrected chi connectivity index (χ3v) is 2.05. The van der Waals surface area contributed by atoms with Gasteiger partial charge < -0.3 is 4.74 Å². The Bertz CT molecular complexity index is 451. The lowest BCUT2D eigenvalue weighted by Crippen LogP contribution is -2.21. The van der Waals surface area contributed by atoms with E-state index in [2.05, 4.69) is 0 Å². The molecule has 0 radical (unpaired) electrons. The number of ether oxygens (including phenoxy) is 1. The largest absolute Gasteiger partial charge is 0.460 e. The minimum Gasteiger partial charge on any atom is -0.460 e. The number of rotatable bonds is 4. The average molecular weight is 249 g/mol. The number of hydrogen-bond acceptors (Lipinski definition) is 4. The van der Waals surface area contributed by atoms with Gasteiger partial charge in [0.15, 0.2) is 0 Å². The highest BCUT2D eigenvalue weighted by atomic mass is 16.5. The van der Waals surface area contributed by atoms with Gasteiger partial charge in [-0.2, -0.15) is 0 Å². The maximum Gasteiger partial charge on any atom is 0.331 e.